The van der Waals surface area contributed by atoms with Gasteiger partial charge < -0.3 is 20.8 Å². The molecule has 0 fully saturated rings. The van der Waals surface area contributed by atoms with Gasteiger partial charge in [0.25, 0.3) is 0 Å². The Hall–Kier alpha value is -2.15. The van der Waals surface area contributed by atoms with Gasteiger partial charge in [-0.2, -0.15) is 0 Å². The van der Waals surface area contributed by atoms with Gasteiger partial charge in [-0.05, 0) is 24.4 Å². The van der Waals surface area contributed by atoms with E-state index in [-0.39, 0.29) is 5.11 Å². The lowest BCUT2D eigenvalue weighted by molar-refractivity contribution is -0.145. The molecule has 0 heterocycles. The normalized spacial score (nSPS) is 11.3. The van der Waals surface area contributed by atoms with Gasteiger partial charge in [0.15, 0.2) is 5.11 Å². The molecule has 0 bridgehead atoms. The molecular weight excluding hydrogens is 256 g/mol. The number of carbonyl (C=O) groups is 2. The van der Waals surface area contributed by atoms with E-state index < -0.39 is 24.4 Å². The molecule has 0 aliphatic carbocycles. The van der Waals surface area contributed by atoms with Crippen LogP contribution in [0.2, 0.25) is 0 Å². The Kier molecular flexibility index (Phi) is 5.06. The maximum Gasteiger partial charge on any atom is 0.326 e. The molecule has 0 spiro atoms. The van der Waals surface area contributed by atoms with Gasteiger partial charge in [-0.1, -0.05) is 18.2 Å². The van der Waals surface area contributed by atoms with E-state index in [0.717, 1.165) is 0 Å². The lowest BCUT2D eigenvalue weighted by Gasteiger charge is -2.15. The van der Waals surface area contributed by atoms with Gasteiger partial charge in [0.05, 0.1) is 6.42 Å². The third-order valence-corrected chi connectivity index (χ3v) is 2.23. The van der Waals surface area contributed by atoms with Crippen molar-refractivity contribution in [2.45, 2.75) is 12.5 Å². The molecule has 0 amide bonds. The van der Waals surface area contributed by atoms with Crippen LogP contribution in [-0.4, -0.2) is 33.3 Å². The highest BCUT2D eigenvalue weighted by molar-refractivity contribution is 7.80. The van der Waals surface area contributed by atoms with Crippen LogP contribution < -0.4 is 10.6 Å². The number of thiocarbonyl (C=S) groups is 1. The average Bonchev–Trinajstić information content (AvgIpc) is 2.28. The summed E-state index contributed by atoms with van der Waals surface area (Å²) in [5.41, 5.74) is 0.689. The smallest absolute Gasteiger partial charge is 0.326 e. The maximum absolute atomic E-state index is 10.8. The van der Waals surface area contributed by atoms with E-state index >= 15 is 0 Å². The van der Waals surface area contributed by atoms with Gasteiger partial charge >= 0.3 is 11.9 Å². The molecule has 0 saturated carbocycles. The number of hydrogen-bond donors (Lipinski definition) is 4. The highest BCUT2D eigenvalue weighted by Crippen LogP contribution is 2.05. The first kappa shape index (κ1) is 13.9. The fraction of sp³-hybridized carbons (Fsp3) is 0.182. The predicted octanol–water partition coefficient (Wildman–Crippen LogP) is 0.901. The number of carboxylic acid groups (broad SMARTS) is 2. The molecule has 7 heteroatoms. The van der Waals surface area contributed by atoms with E-state index in [1.807, 2.05) is 6.07 Å². The first-order valence-electron chi connectivity index (χ1n) is 5.06. The SMILES string of the molecule is O=C(O)CC(NC(=S)Nc1ccccc1)C(=O)O. The fourth-order valence-electron chi connectivity index (χ4n) is 1.22. The van der Waals surface area contributed by atoms with Crippen molar-refractivity contribution in [1.29, 1.82) is 0 Å². The zero-order chi connectivity index (χ0) is 13.5. The van der Waals surface area contributed by atoms with Gasteiger partial charge in [-0.3, -0.25) is 4.79 Å². The summed E-state index contributed by atoms with van der Waals surface area (Å²) in [6.45, 7) is 0. The van der Waals surface area contributed by atoms with E-state index in [2.05, 4.69) is 10.6 Å². The van der Waals surface area contributed by atoms with Crippen molar-refractivity contribution in [2.75, 3.05) is 5.32 Å². The van der Waals surface area contributed by atoms with E-state index in [0.29, 0.717) is 5.69 Å². The first-order chi connectivity index (χ1) is 8.49. The van der Waals surface area contributed by atoms with E-state index in [1.54, 1.807) is 24.3 Å². The number of para-hydroxylation sites is 1. The van der Waals surface area contributed by atoms with Gasteiger partial charge in [0.1, 0.15) is 6.04 Å². The highest BCUT2D eigenvalue weighted by atomic mass is 32.1. The fourth-order valence-corrected chi connectivity index (χ4v) is 1.48. The summed E-state index contributed by atoms with van der Waals surface area (Å²) in [6, 6.07) is 7.65. The van der Waals surface area contributed by atoms with Crippen molar-refractivity contribution in [3.63, 3.8) is 0 Å². The topological polar surface area (TPSA) is 98.7 Å². The van der Waals surface area contributed by atoms with Crippen molar-refractivity contribution < 1.29 is 19.8 Å². The molecule has 18 heavy (non-hydrogen) atoms. The third kappa shape index (κ3) is 4.79. The molecule has 0 aliphatic heterocycles. The number of hydrogen-bond acceptors (Lipinski definition) is 3. The standard InChI is InChI=1S/C11H12N2O4S/c14-9(15)6-8(10(16)17)13-11(18)12-7-4-2-1-3-5-7/h1-5,8H,6H2,(H,14,15)(H,16,17)(H2,12,13,18). The summed E-state index contributed by atoms with van der Waals surface area (Å²) in [5, 5.41) is 22.7. The summed E-state index contributed by atoms with van der Waals surface area (Å²) in [4.78, 5) is 21.3. The lowest BCUT2D eigenvalue weighted by Crippen LogP contribution is -2.44. The minimum atomic E-state index is -1.27. The van der Waals surface area contributed by atoms with Crippen LogP contribution in [0.15, 0.2) is 30.3 Å². The quantitative estimate of drug-likeness (QED) is 0.589. The Balaban J connectivity index is 2.56. The monoisotopic (exact) mass is 268 g/mol. The Labute approximate surface area is 109 Å². The van der Waals surface area contributed by atoms with Crippen molar-refractivity contribution in [3.05, 3.63) is 30.3 Å². The van der Waals surface area contributed by atoms with Crippen LogP contribution in [0, 0.1) is 0 Å². The van der Waals surface area contributed by atoms with E-state index in [9.17, 15) is 9.59 Å². The Morgan fingerprint density at radius 3 is 2.33 bits per heavy atom. The minimum Gasteiger partial charge on any atom is -0.481 e. The highest BCUT2D eigenvalue weighted by Gasteiger charge is 2.21. The van der Waals surface area contributed by atoms with E-state index in [1.165, 1.54) is 0 Å². The summed E-state index contributed by atoms with van der Waals surface area (Å²) < 4.78 is 0. The third-order valence-electron chi connectivity index (χ3n) is 2.01. The number of rotatable bonds is 5. The van der Waals surface area contributed by atoms with Gasteiger partial charge in [0, 0.05) is 5.69 Å². The second kappa shape index (κ2) is 6.55. The first-order valence-corrected chi connectivity index (χ1v) is 5.47. The molecule has 0 radical (unpaired) electrons. The molecule has 96 valence electrons. The van der Waals surface area contributed by atoms with Crippen LogP contribution >= 0.6 is 12.2 Å². The van der Waals surface area contributed by atoms with Crippen LogP contribution in [0.25, 0.3) is 0 Å². The van der Waals surface area contributed by atoms with Crippen LogP contribution in [0.4, 0.5) is 5.69 Å². The summed E-state index contributed by atoms with van der Waals surface area (Å²) in [6.07, 6.45) is -0.550. The molecular formula is C11H12N2O4S. The number of anilines is 1. The Morgan fingerprint density at radius 1 is 1.22 bits per heavy atom. The van der Waals surface area contributed by atoms with Gasteiger partial charge in [-0.25, -0.2) is 4.79 Å². The molecule has 0 aliphatic rings. The van der Waals surface area contributed by atoms with Crippen LogP contribution in [0.3, 0.4) is 0 Å². The van der Waals surface area contributed by atoms with Crippen molar-refractivity contribution in [1.82, 2.24) is 5.32 Å². The molecule has 4 N–H and O–H groups in total. The van der Waals surface area contributed by atoms with Crippen LogP contribution in [0.5, 0.6) is 0 Å². The molecule has 0 saturated heterocycles. The van der Waals surface area contributed by atoms with Crippen LogP contribution in [0.1, 0.15) is 6.42 Å². The zero-order valence-electron chi connectivity index (χ0n) is 9.29. The summed E-state index contributed by atoms with van der Waals surface area (Å²) >= 11 is 4.91. The molecule has 1 rings (SSSR count). The second-order valence-corrected chi connectivity index (χ2v) is 3.86. The molecule has 1 atom stereocenters. The Morgan fingerprint density at radius 2 is 1.83 bits per heavy atom. The Bertz CT molecular complexity index is 450. The largest absolute Gasteiger partial charge is 0.481 e. The predicted molar refractivity (Wildman–Crippen MR) is 69.5 cm³/mol. The average molecular weight is 268 g/mol. The van der Waals surface area contributed by atoms with Crippen LogP contribution in [-0.2, 0) is 9.59 Å². The van der Waals surface area contributed by atoms with Crippen molar-refractivity contribution in [2.24, 2.45) is 0 Å². The van der Waals surface area contributed by atoms with Gasteiger partial charge in [-0.15, -0.1) is 0 Å². The summed E-state index contributed by atoms with van der Waals surface area (Å²) in [7, 11) is 0. The van der Waals surface area contributed by atoms with Crippen molar-refractivity contribution >= 4 is 35.0 Å². The van der Waals surface area contributed by atoms with Gasteiger partial charge in [0.2, 0.25) is 0 Å². The number of benzene rings is 1. The molecule has 1 aromatic carbocycles. The minimum absolute atomic E-state index is 0.0647. The van der Waals surface area contributed by atoms with E-state index in [4.69, 9.17) is 22.4 Å². The molecule has 0 aromatic heterocycles. The van der Waals surface area contributed by atoms with Crippen molar-refractivity contribution in [3.8, 4) is 0 Å². The number of nitrogens with one attached hydrogen (secondary N) is 2. The zero-order valence-corrected chi connectivity index (χ0v) is 10.1. The lowest BCUT2D eigenvalue weighted by atomic mass is 10.2. The second-order valence-electron chi connectivity index (χ2n) is 3.45. The number of carboxylic acids is 2. The molecule has 1 unspecified atom stereocenters. The maximum atomic E-state index is 10.8. The number of aliphatic carboxylic acids is 2. The summed E-state index contributed by atoms with van der Waals surface area (Å²) in [5.74, 6) is -2.48. The molecule has 6 nitrogen and oxygen atoms in total. The molecule has 1 aromatic rings.